The Morgan fingerprint density at radius 3 is 2.62 bits per heavy atom. The highest BCUT2D eigenvalue weighted by molar-refractivity contribution is 6.01. The average Bonchev–Trinajstić information content (AvgIpc) is 3.52. The van der Waals surface area contributed by atoms with Crippen LogP contribution in [-0.4, -0.2) is 88.3 Å². The first-order valence-electron chi connectivity index (χ1n) is 13.9. The lowest BCUT2D eigenvalue weighted by Crippen LogP contribution is -2.36. The van der Waals surface area contributed by atoms with Crippen LogP contribution in [0.25, 0.3) is 22.3 Å². The Balaban J connectivity index is 1.36. The van der Waals surface area contributed by atoms with E-state index in [1.54, 1.807) is 6.07 Å². The van der Waals surface area contributed by atoms with Crippen LogP contribution in [-0.2, 0) is 11.3 Å². The number of nitrogens with one attached hydrogen (secondary N) is 1. The van der Waals surface area contributed by atoms with Gasteiger partial charge in [0, 0.05) is 12.1 Å². The van der Waals surface area contributed by atoms with Crippen LogP contribution < -0.4 is 20.5 Å². The fourth-order valence-electron chi connectivity index (χ4n) is 5.25. The second kappa shape index (κ2) is 11.5. The summed E-state index contributed by atoms with van der Waals surface area (Å²) >= 11 is 0. The van der Waals surface area contributed by atoms with Crippen molar-refractivity contribution < 1.29 is 19.0 Å². The van der Waals surface area contributed by atoms with Gasteiger partial charge < -0.3 is 29.7 Å². The second-order valence-corrected chi connectivity index (χ2v) is 11.8. The van der Waals surface area contributed by atoms with Gasteiger partial charge in [-0.2, -0.15) is 5.10 Å². The molecule has 2 aromatic heterocycles. The monoisotopic (exact) mass is 552 g/mol. The summed E-state index contributed by atoms with van der Waals surface area (Å²) in [6, 6.07) is 3.58. The summed E-state index contributed by atoms with van der Waals surface area (Å²) in [5, 5.41) is 8.36. The van der Waals surface area contributed by atoms with Crippen molar-refractivity contribution in [2.24, 2.45) is 5.92 Å². The number of rotatable bonds is 8. The molecule has 2 aliphatic rings. The predicted molar refractivity (Wildman–Crippen MR) is 153 cm³/mol. The number of nitrogens with two attached hydrogens (primary N) is 1. The number of ether oxygens (including phenoxy) is 3. The number of carbonyl (C=O) groups excluding carboxylic acids is 1. The first-order valence-corrected chi connectivity index (χ1v) is 13.9. The maximum atomic E-state index is 12.4. The van der Waals surface area contributed by atoms with Crippen LogP contribution in [0, 0.1) is 5.92 Å². The number of piperidine rings is 1. The maximum absolute atomic E-state index is 12.4. The number of nitrogens with zero attached hydrogens (tertiary/aromatic N) is 6. The van der Waals surface area contributed by atoms with E-state index in [0.29, 0.717) is 51.8 Å². The van der Waals surface area contributed by atoms with Gasteiger partial charge >= 0.3 is 6.09 Å². The van der Waals surface area contributed by atoms with Crippen molar-refractivity contribution in [3.63, 3.8) is 0 Å². The van der Waals surface area contributed by atoms with Gasteiger partial charge in [-0.1, -0.05) is 0 Å². The number of amides is 1. The van der Waals surface area contributed by atoms with Crippen LogP contribution in [0.3, 0.4) is 0 Å². The van der Waals surface area contributed by atoms with Crippen LogP contribution in [0.2, 0.25) is 0 Å². The number of benzene rings is 1. The van der Waals surface area contributed by atoms with Gasteiger partial charge in [0.15, 0.2) is 17.1 Å². The molecule has 2 aliphatic heterocycles. The summed E-state index contributed by atoms with van der Waals surface area (Å²) in [5.74, 6) is 2.03. The molecule has 0 atom stereocenters. The van der Waals surface area contributed by atoms with E-state index in [-0.39, 0.29) is 6.79 Å². The maximum Gasteiger partial charge on any atom is 0.412 e. The van der Waals surface area contributed by atoms with Gasteiger partial charge in [-0.25, -0.2) is 19.4 Å². The summed E-state index contributed by atoms with van der Waals surface area (Å²) in [6.45, 7) is 10.3. The third-order valence-corrected chi connectivity index (χ3v) is 7.29. The van der Waals surface area contributed by atoms with Crippen molar-refractivity contribution in [1.29, 1.82) is 0 Å². The van der Waals surface area contributed by atoms with Gasteiger partial charge in [0.05, 0.1) is 17.6 Å². The highest BCUT2D eigenvalue weighted by atomic mass is 16.7. The summed E-state index contributed by atoms with van der Waals surface area (Å²) in [6.07, 6.45) is 4.59. The quantitative estimate of drug-likeness (QED) is 0.425. The molecule has 3 aromatic rings. The molecule has 40 heavy (non-hydrogen) atoms. The minimum Gasteiger partial charge on any atom is -0.453 e. The van der Waals surface area contributed by atoms with Gasteiger partial charge in [-0.15, -0.1) is 0 Å². The molecule has 12 nitrogen and oxygen atoms in total. The third kappa shape index (κ3) is 6.23. The number of carbonyl (C=O) groups is 1. The SMILES string of the molecule is CN(C)CCC1CCN(CCn2nc(-c3ccc(NC(=O)OC(C)(C)C)c4c3OCO4)c3c(N)ncnc32)CC1. The number of likely N-dealkylation sites (tertiary alicyclic amines) is 1. The van der Waals surface area contributed by atoms with Crippen LogP contribution in [0.1, 0.15) is 40.0 Å². The van der Waals surface area contributed by atoms with Gasteiger partial charge in [-0.05, 0) is 91.8 Å². The van der Waals surface area contributed by atoms with Crippen molar-refractivity contribution >= 4 is 28.6 Å². The fraction of sp³-hybridized carbons (Fsp3) is 0.571. The fourth-order valence-corrected chi connectivity index (χ4v) is 5.25. The Bertz CT molecular complexity index is 1360. The molecule has 0 bridgehead atoms. The smallest absolute Gasteiger partial charge is 0.412 e. The molecular weight excluding hydrogens is 512 g/mol. The molecular formula is C28H40N8O4. The average molecular weight is 553 g/mol. The van der Waals surface area contributed by atoms with Crippen molar-refractivity contribution in [2.45, 2.75) is 52.2 Å². The standard InChI is InChI=1S/C28H40N8O4/c1-28(2,3)40-27(37)32-20-7-6-19(23-24(20)39-17-38-23)22-21-25(29)30-16-31-26(21)36(33-22)15-14-35-12-9-18(10-13-35)8-11-34(4)5/h6-7,16,18H,8-15,17H2,1-5H3,(H,32,37)(H2,29,30,31). The van der Waals surface area contributed by atoms with Gasteiger partial charge in [0.1, 0.15) is 23.4 Å². The number of anilines is 2. The molecule has 5 rings (SSSR count). The van der Waals surface area contributed by atoms with Gasteiger partial charge in [0.2, 0.25) is 6.79 Å². The summed E-state index contributed by atoms with van der Waals surface area (Å²) in [7, 11) is 4.27. The normalized spacial score (nSPS) is 16.1. The first-order chi connectivity index (χ1) is 19.1. The molecule has 3 N–H and O–H groups in total. The molecule has 1 fully saturated rings. The summed E-state index contributed by atoms with van der Waals surface area (Å²) < 4.78 is 18.9. The molecule has 1 amide bonds. The number of fused-ring (bicyclic) bond motifs is 2. The van der Waals surface area contributed by atoms with Gasteiger partial charge in [-0.3, -0.25) is 5.32 Å². The van der Waals surface area contributed by atoms with Crippen LogP contribution in [0.15, 0.2) is 18.5 Å². The molecule has 4 heterocycles. The van der Waals surface area contributed by atoms with E-state index in [9.17, 15) is 4.79 Å². The Labute approximate surface area is 234 Å². The Kier molecular flexibility index (Phi) is 7.99. The lowest BCUT2D eigenvalue weighted by molar-refractivity contribution is 0.0635. The molecule has 0 unspecified atom stereocenters. The molecule has 0 radical (unpaired) electrons. The zero-order valence-corrected chi connectivity index (χ0v) is 24.1. The van der Waals surface area contributed by atoms with E-state index >= 15 is 0 Å². The summed E-state index contributed by atoms with van der Waals surface area (Å²) in [4.78, 5) is 25.9. The summed E-state index contributed by atoms with van der Waals surface area (Å²) in [5.41, 5.74) is 8.14. The minimum absolute atomic E-state index is 0.0183. The lowest BCUT2D eigenvalue weighted by atomic mass is 9.93. The molecule has 0 saturated carbocycles. The predicted octanol–water partition coefficient (Wildman–Crippen LogP) is 3.81. The first kappa shape index (κ1) is 27.9. The molecule has 0 aliphatic carbocycles. The number of hydrogen-bond donors (Lipinski definition) is 2. The lowest BCUT2D eigenvalue weighted by Gasteiger charge is -2.32. The van der Waals surface area contributed by atoms with Crippen LogP contribution in [0.4, 0.5) is 16.3 Å². The van der Waals surface area contributed by atoms with Crippen LogP contribution in [0.5, 0.6) is 11.5 Å². The highest BCUT2D eigenvalue weighted by Gasteiger charge is 2.29. The largest absolute Gasteiger partial charge is 0.453 e. The van der Waals surface area contributed by atoms with Crippen molar-refractivity contribution in [3.8, 4) is 22.8 Å². The Morgan fingerprint density at radius 1 is 1.15 bits per heavy atom. The third-order valence-electron chi connectivity index (χ3n) is 7.29. The number of hydrogen-bond acceptors (Lipinski definition) is 10. The zero-order valence-electron chi connectivity index (χ0n) is 24.1. The minimum atomic E-state index is -0.629. The molecule has 216 valence electrons. The van der Waals surface area contributed by atoms with E-state index in [2.05, 4.69) is 39.2 Å². The van der Waals surface area contributed by atoms with E-state index < -0.39 is 11.7 Å². The highest BCUT2D eigenvalue weighted by Crippen LogP contribution is 2.47. The Hall–Kier alpha value is -3.64. The van der Waals surface area contributed by atoms with Crippen LogP contribution >= 0.6 is 0 Å². The van der Waals surface area contributed by atoms with E-state index in [1.807, 2.05) is 31.5 Å². The van der Waals surface area contributed by atoms with E-state index in [4.69, 9.17) is 25.0 Å². The molecule has 1 saturated heterocycles. The van der Waals surface area contributed by atoms with Crippen molar-refractivity contribution in [2.75, 3.05) is 58.1 Å². The van der Waals surface area contributed by atoms with Gasteiger partial charge in [0.25, 0.3) is 0 Å². The molecule has 0 spiro atoms. The van der Waals surface area contributed by atoms with Crippen molar-refractivity contribution in [1.82, 2.24) is 29.5 Å². The van der Waals surface area contributed by atoms with E-state index in [1.165, 1.54) is 25.6 Å². The van der Waals surface area contributed by atoms with Crippen molar-refractivity contribution in [3.05, 3.63) is 18.5 Å². The number of aromatic nitrogens is 4. The number of nitrogen functional groups attached to an aromatic ring is 1. The molecule has 1 aromatic carbocycles. The van der Waals surface area contributed by atoms with E-state index in [0.717, 1.165) is 32.1 Å². The molecule has 12 heteroatoms. The zero-order chi connectivity index (χ0) is 28.4. The second-order valence-electron chi connectivity index (χ2n) is 11.8. The topological polar surface area (TPSA) is 133 Å². The Morgan fingerprint density at radius 2 is 1.90 bits per heavy atom.